The third-order valence-corrected chi connectivity index (χ3v) is 9.71. The Labute approximate surface area is 218 Å². The number of hydrogen-bond donors (Lipinski definition) is 0. The van der Waals surface area contributed by atoms with E-state index in [0.717, 1.165) is 0 Å². The number of hydrogen-bond acceptors (Lipinski definition) is 12. The fourth-order valence-electron chi connectivity index (χ4n) is 2.98. The van der Waals surface area contributed by atoms with Crippen LogP contribution in [-0.2, 0) is 41.7 Å². The molecular formula is C17H14Cl2N2O10P2S2. The third-order valence-electron chi connectivity index (χ3n) is 4.81. The van der Waals surface area contributed by atoms with E-state index in [-0.39, 0.29) is 59.3 Å². The lowest BCUT2D eigenvalue weighted by Crippen LogP contribution is -2.46. The molecule has 0 bridgehead atoms. The molecule has 2 aliphatic heterocycles. The molecule has 0 radical (unpaired) electrons. The number of nitro benzene ring substituents is 2. The van der Waals surface area contributed by atoms with Gasteiger partial charge in [0, 0.05) is 35.7 Å². The fourth-order valence-corrected chi connectivity index (χ4v) is 7.50. The van der Waals surface area contributed by atoms with E-state index in [4.69, 9.17) is 74.0 Å². The standard InChI is InChI=1S/C17H14Cl2N2O10P2S2/c18-11-3-1-5-13(20(22)23)15(11)30-32(34)26-7-17(8-27-32)9-28-33(35,29-10-17)31-16-12(19)4-2-6-14(16)21(24)25/h1-6H,7-10H2. The van der Waals surface area contributed by atoms with Gasteiger partial charge in [-0.15, -0.1) is 0 Å². The minimum atomic E-state index is -3.44. The van der Waals surface area contributed by atoms with Crippen molar-refractivity contribution in [1.29, 1.82) is 0 Å². The second-order valence-electron chi connectivity index (χ2n) is 7.36. The lowest BCUT2D eigenvalue weighted by Gasteiger charge is -2.43. The summed E-state index contributed by atoms with van der Waals surface area (Å²) < 4.78 is 33.9. The molecule has 0 aliphatic carbocycles. The average Bonchev–Trinajstić information content (AvgIpc) is 2.81. The Balaban J connectivity index is 1.43. The van der Waals surface area contributed by atoms with E-state index in [1.807, 2.05) is 0 Å². The van der Waals surface area contributed by atoms with Crippen LogP contribution in [0.2, 0.25) is 10.0 Å². The first-order valence-corrected chi connectivity index (χ1v) is 15.3. The molecule has 18 heteroatoms. The highest BCUT2D eigenvalue weighted by molar-refractivity contribution is 8.08. The smallest absolute Gasteiger partial charge is 0.380 e. The molecule has 2 saturated heterocycles. The summed E-state index contributed by atoms with van der Waals surface area (Å²) in [6.07, 6.45) is 0. The summed E-state index contributed by atoms with van der Waals surface area (Å²) in [5.74, 6) is -0.500. The van der Waals surface area contributed by atoms with Gasteiger partial charge in [-0.3, -0.25) is 38.3 Å². The van der Waals surface area contributed by atoms with Gasteiger partial charge in [-0.25, -0.2) is 0 Å². The second-order valence-corrected chi connectivity index (χ2v) is 14.0. The van der Waals surface area contributed by atoms with Crippen molar-refractivity contribution in [2.45, 2.75) is 0 Å². The Morgan fingerprint density at radius 2 is 1.11 bits per heavy atom. The van der Waals surface area contributed by atoms with Crippen molar-refractivity contribution in [3.63, 3.8) is 0 Å². The molecular weight excluding hydrogens is 589 g/mol. The largest absolute Gasteiger partial charge is 0.415 e. The Hall–Kier alpha value is -1.44. The highest BCUT2D eigenvalue weighted by Gasteiger charge is 2.49. The molecule has 0 saturated carbocycles. The van der Waals surface area contributed by atoms with Crippen LogP contribution in [0, 0.1) is 25.6 Å². The highest BCUT2D eigenvalue weighted by atomic mass is 35.5. The third kappa shape index (κ3) is 5.78. The maximum atomic E-state index is 11.3. The van der Waals surface area contributed by atoms with Crippen molar-refractivity contribution in [1.82, 2.24) is 0 Å². The molecule has 2 heterocycles. The summed E-state index contributed by atoms with van der Waals surface area (Å²) in [5.41, 5.74) is -1.61. The Bertz CT molecular complexity index is 1170. The van der Waals surface area contributed by atoms with Crippen LogP contribution in [0.4, 0.5) is 11.4 Å². The predicted molar refractivity (Wildman–Crippen MR) is 132 cm³/mol. The van der Waals surface area contributed by atoms with Crippen LogP contribution >= 0.6 is 36.6 Å². The van der Waals surface area contributed by atoms with Gasteiger partial charge in [0.25, 0.3) is 0 Å². The predicted octanol–water partition coefficient (Wildman–Crippen LogP) is 5.80. The van der Waals surface area contributed by atoms with Crippen LogP contribution in [0.5, 0.6) is 11.5 Å². The van der Waals surface area contributed by atoms with E-state index in [0.29, 0.717) is 0 Å². The molecule has 2 aliphatic rings. The number of rotatable bonds is 6. The van der Waals surface area contributed by atoms with Gasteiger partial charge in [-0.05, 0) is 12.1 Å². The summed E-state index contributed by atoms with van der Waals surface area (Å²) >= 11 is 22.8. The van der Waals surface area contributed by atoms with E-state index >= 15 is 0 Å². The molecule has 12 nitrogen and oxygen atoms in total. The topological polar surface area (TPSA) is 142 Å². The van der Waals surface area contributed by atoms with Gasteiger partial charge in [-0.1, -0.05) is 35.3 Å². The zero-order chi connectivity index (χ0) is 25.4. The molecule has 2 fully saturated rings. The van der Waals surface area contributed by atoms with Gasteiger partial charge in [0.2, 0.25) is 11.5 Å². The van der Waals surface area contributed by atoms with Crippen LogP contribution in [0.25, 0.3) is 0 Å². The minimum absolute atomic E-state index is 0.0215. The molecule has 188 valence electrons. The number of para-hydroxylation sites is 2. The number of nitro groups is 2. The SMILES string of the molecule is O=[N+]([O-])c1cccc(Cl)c1OP1(=S)OCC2(CO1)COP(=S)(Oc1c(Cl)cccc1[N+](=O)[O-])OC2. The van der Waals surface area contributed by atoms with E-state index in [1.54, 1.807) is 0 Å². The van der Waals surface area contributed by atoms with E-state index in [2.05, 4.69) is 0 Å². The van der Waals surface area contributed by atoms with Gasteiger partial charge in [0.15, 0.2) is 0 Å². The Morgan fingerprint density at radius 3 is 1.43 bits per heavy atom. The van der Waals surface area contributed by atoms with E-state index in [9.17, 15) is 20.2 Å². The Kier molecular flexibility index (Phi) is 7.71. The summed E-state index contributed by atoms with van der Waals surface area (Å²) in [7, 11) is 0. The number of nitrogens with zero attached hydrogens (tertiary/aromatic N) is 2. The van der Waals surface area contributed by atoms with Crippen LogP contribution < -0.4 is 9.05 Å². The molecule has 2 aromatic carbocycles. The van der Waals surface area contributed by atoms with E-state index in [1.165, 1.54) is 36.4 Å². The number of benzene rings is 2. The van der Waals surface area contributed by atoms with Crippen molar-refractivity contribution in [2.75, 3.05) is 26.4 Å². The van der Waals surface area contributed by atoms with Crippen molar-refractivity contribution >= 4 is 71.6 Å². The molecule has 0 atom stereocenters. The zero-order valence-corrected chi connectivity index (χ0v) is 22.2. The lowest BCUT2D eigenvalue weighted by molar-refractivity contribution is -0.385. The second kappa shape index (κ2) is 10.1. The van der Waals surface area contributed by atoms with Crippen molar-refractivity contribution in [3.05, 3.63) is 66.7 Å². The van der Waals surface area contributed by atoms with Crippen molar-refractivity contribution in [2.24, 2.45) is 5.41 Å². The molecule has 4 rings (SSSR count). The summed E-state index contributed by atoms with van der Waals surface area (Å²) in [4.78, 5) is 21.3. The lowest BCUT2D eigenvalue weighted by atomic mass is 9.93. The van der Waals surface area contributed by atoms with Crippen molar-refractivity contribution < 1.29 is 37.0 Å². The molecule has 0 N–H and O–H groups in total. The minimum Gasteiger partial charge on any atom is -0.415 e. The maximum Gasteiger partial charge on any atom is 0.380 e. The maximum absolute atomic E-state index is 11.3. The van der Waals surface area contributed by atoms with Gasteiger partial charge in [0.05, 0.1) is 51.7 Å². The first-order chi connectivity index (χ1) is 16.4. The zero-order valence-electron chi connectivity index (χ0n) is 17.2. The summed E-state index contributed by atoms with van der Waals surface area (Å²) in [6, 6.07) is 8.06. The normalized spacial score (nSPS) is 28.4. The molecule has 0 amide bonds. The van der Waals surface area contributed by atoms with Crippen LogP contribution in [-0.4, -0.2) is 36.3 Å². The van der Waals surface area contributed by atoms with Gasteiger partial charge < -0.3 is 9.05 Å². The first kappa shape index (κ1) is 26.6. The van der Waals surface area contributed by atoms with Crippen LogP contribution in [0.3, 0.4) is 0 Å². The van der Waals surface area contributed by atoms with Crippen LogP contribution in [0.1, 0.15) is 0 Å². The molecule has 0 aromatic heterocycles. The molecule has 35 heavy (non-hydrogen) atoms. The van der Waals surface area contributed by atoms with Gasteiger partial charge >= 0.3 is 24.8 Å². The quantitative estimate of drug-likeness (QED) is 0.224. The average molecular weight is 603 g/mol. The van der Waals surface area contributed by atoms with Gasteiger partial charge in [-0.2, -0.15) is 0 Å². The summed E-state index contributed by atoms with van der Waals surface area (Å²) in [5, 5.41) is 22.6. The van der Waals surface area contributed by atoms with Crippen molar-refractivity contribution in [3.8, 4) is 11.5 Å². The molecule has 2 aromatic rings. The number of halogens is 2. The molecule has 1 spiro atoms. The summed E-state index contributed by atoms with van der Waals surface area (Å²) in [6.45, 7) is -7.03. The Morgan fingerprint density at radius 1 is 0.771 bits per heavy atom. The van der Waals surface area contributed by atoms with E-state index < -0.39 is 28.7 Å². The first-order valence-electron chi connectivity index (χ1n) is 9.48. The molecule has 0 unspecified atom stereocenters. The monoisotopic (exact) mass is 602 g/mol. The van der Waals surface area contributed by atoms with Gasteiger partial charge in [0.1, 0.15) is 0 Å². The highest BCUT2D eigenvalue weighted by Crippen LogP contribution is 2.61. The fraction of sp³-hybridized carbons (Fsp3) is 0.294. The van der Waals surface area contributed by atoms with Crippen LogP contribution in [0.15, 0.2) is 36.4 Å².